The number of nitrogens with zero attached hydrogens (tertiary/aromatic N) is 1. The maximum Gasteiger partial charge on any atom is 0.234 e. The van der Waals surface area contributed by atoms with Crippen molar-refractivity contribution in [3.63, 3.8) is 0 Å². The van der Waals surface area contributed by atoms with Gasteiger partial charge in [-0.25, -0.2) is 10.4 Å². The van der Waals surface area contributed by atoms with Gasteiger partial charge in [0.1, 0.15) is 6.17 Å². The fourth-order valence-electron chi connectivity index (χ4n) is 2.41. The predicted octanol–water partition coefficient (Wildman–Crippen LogP) is 0.636. The highest BCUT2D eigenvalue weighted by atomic mass is 79.9. The number of rotatable bonds is 2. The third kappa shape index (κ3) is 2.56. The quantitative estimate of drug-likeness (QED) is 0.638. The van der Waals surface area contributed by atoms with Gasteiger partial charge in [-0.05, 0) is 18.6 Å². The number of nitrogens with one attached hydrogen (secondary N) is 4. The lowest BCUT2D eigenvalue weighted by Crippen LogP contribution is -2.52. The monoisotopic (exact) mass is 337 g/mol. The Kier molecular flexibility index (Phi) is 3.73. The first-order valence-electron chi connectivity index (χ1n) is 6.53. The van der Waals surface area contributed by atoms with Crippen molar-refractivity contribution < 1.29 is 4.79 Å². The van der Waals surface area contributed by atoms with Gasteiger partial charge in [0, 0.05) is 11.0 Å². The van der Waals surface area contributed by atoms with E-state index in [1.165, 1.54) is 0 Å². The largest absolute Gasteiger partial charge is 0.349 e. The Morgan fingerprint density at radius 3 is 3.05 bits per heavy atom. The van der Waals surface area contributed by atoms with Crippen molar-refractivity contribution in [1.29, 1.82) is 0 Å². The van der Waals surface area contributed by atoms with E-state index in [0.29, 0.717) is 12.5 Å². The zero-order chi connectivity index (χ0) is 14.1. The van der Waals surface area contributed by atoms with Crippen molar-refractivity contribution in [3.05, 3.63) is 34.3 Å². The average Bonchev–Trinajstić information content (AvgIpc) is 2.88. The summed E-state index contributed by atoms with van der Waals surface area (Å²) in [5, 5.41) is 6.05. The van der Waals surface area contributed by atoms with Crippen molar-refractivity contribution in [1.82, 2.24) is 21.5 Å². The lowest BCUT2D eigenvalue weighted by Gasteiger charge is -2.25. The molecule has 3 unspecified atom stereocenters. The molecule has 1 amide bonds. The molecule has 6 nitrogen and oxygen atoms in total. The van der Waals surface area contributed by atoms with Gasteiger partial charge < -0.3 is 5.32 Å². The molecular formula is C13H16BrN5O. The van der Waals surface area contributed by atoms with Gasteiger partial charge in [0.15, 0.2) is 5.96 Å². The van der Waals surface area contributed by atoms with Gasteiger partial charge in [0.25, 0.3) is 0 Å². The van der Waals surface area contributed by atoms with E-state index in [1.54, 1.807) is 0 Å². The SMILES string of the molecule is CC(NC1=NC2NNCC2C(=O)N1)c1ccccc1Br. The number of benzene rings is 1. The molecule has 4 N–H and O–H groups in total. The van der Waals surface area contributed by atoms with Crippen LogP contribution in [0.5, 0.6) is 0 Å². The first-order valence-corrected chi connectivity index (χ1v) is 7.32. The molecule has 0 radical (unpaired) electrons. The third-order valence-electron chi connectivity index (χ3n) is 3.52. The van der Waals surface area contributed by atoms with Gasteiger partial charge >= 0.3 is 0 Å². The molecule has 1 aromatic rings. The molecule has 1 saturated heterocycles. The summed E-state index contributed by atoms with van der Waals surface area (Å²) >= 11 is 3.53. The Balaban J connectivity index is 1.75. The number of carbonyl (C=O) groups excluding carboxylic acids is 1. The lowest BCUT2D eigenvalue weighted by molar-refractivity contribution is -0.123. The topological polar surface area (TPSA) is 77.6 Å². The van der Waals surface area contributed by atoms with Crippen LogP contribution in [-0.4, -0.2) is 24.6 Å². The number of amides is 1. The Morgan fingerprint density at radius 1 is 1.45 bits per heavy atom. The second kappa shape index (κ2) is 5.51. The first-order chi connectivity index (χ1) is 9.65. The maximum absolute atomic E-state index is 11.9. The molecule has 20 heavy (non-hydrogen) atoms. The molecule has 2 heterocycles. The summed E-state index contributed by atoms with van der Waals surface area (Å²) in [6.45, 7) is 2.63. The van der Waals surface area contributed by atoms with Crippen LogP contribution >= 0.6 is 15.9 Å². The summed E-state index contributed by atoms with van der Waals surface area (Å²) in [5.74, 6) is 0.361. The highest BCUT2D eigenvalue weighted by Crippen LogP contribution is 2.23. The van der Waals surface area contributed by atoms with Crippen molar-refractivity contribution in [2.75, 3.05) is 6.54 Å². The van der Waals surface area contributed by atoms with Gasteiger partial charge in [0.05, 0.1) is 12.0 Å². The Bertz CT molecular complexity index is 561. The van der Waals surface area contributed by atoms with E-state index >= 15 is 0 Å². The van der Waals surface area contributed by atoms with Crippen LogP contribution in [0.2, 0.25) is 0 Å². The summed E-state index contributed by atoms with van der Waals surface area (Å²) in [6, 6.07) is 8.02. The highest BCUT2D eigenvalue weighted by Gasteiger charge is 2.37. The maximum atomic E-state index is 11.9. The van der Waals surface area contributed by atoms with E-state index < -0.39 is 0 Å². The minimum Gasteiger partial charge on any atom is -0.349 e. The molecule has 106 valence electrons. The molecule has 1 fully saturated rings. The minimum absolute atomic E-state index is 0.00988. The van der Waals surface area contributed by atoms with Crippen molar-refractivity contribution in [2.45, 2.75) is 19.1 Å². The molecule has 3 rings (SSSR count). The molecule has 2 aliphatic rings. The molecule has 7 heteroatoms. The van der Waals surface area contributed by atoms with Crippen molar-refractivity contribution in [2.24, 2.45) is 10.9 Å². The number of hydrazine groups is 1. The molecule has 0 aliphatic carbocycles. The van der Waals surface area contributed by atoms with Crippen LogP contribution < -0.4 is 21.5 Å². The minimum atomic E-state index is -0.197. The lowest BCUT2D eigenvalue weighted by atomic mass is 10.1. The van der Waals surface area contributed by atoms with Gasteiger partial charge in [-0.1, -0.05) is 34.1 Å². The van der Waals surface area contributed by atoms with Gasteiger partial charge in [-0.2, -0.15) is 0 Å². The molecule has 0 bridgehead atoms. The molecule has 1 aromatic carbocycles. The van der Waals surface area contributed by atoms with E-state index in [9.17, 15) is 4.79 Å². The van der Waals surface area contributed by atoms with E-state index in [1.807, 2.05) is 31.2 Å². The molecule has 0 spiro atoms. The van der Waals surface area contributed by atoms with Crippen LogP contribution in [0.4, 0.5) is 0 Å². The van der Waals surface area contributed by atoms with Crippen molar-refractivity contribution >= 4 is 27.8 Å². The molecule has 0 saturated carbocycles. The summed E-state index contributed by atoms with van der Waals surface area (Å²) in [6.07, 6.45) is -0.197. The normalized spacial score (nSPS) is 26.5. The van der Waals surface area contributed by atoms with Crippen LogP contribution in [0.3, 0.4) is 0 Å². The van der Waals surface area contributed by atoms with Crippen LogP contribution in [0.25, 0.3) is 0 Å². The van der Waals surface area contributed by atoms with Crippen molar-refractivity contribution in [3.8, 4) is 0 Å². The van der Waals surface area contributed by atoms with Crippen LogP contribution in [0.15, 0.2) is 33.7 Å². The number of hydrogen-bond acceptors (Lipinski definition) is 5. The molecule has 2 aliphatic heterocycles. The van der Waals surface area contributed by atoms with Gasteiger partial charge in [-0.15, -0.1) is 0 Å². The number of halogens is 1. The molecular weight excluding hydrogens is 322 g/mol. The fraction of sp³-hybridized carbons (Fsp3) is 0.385. The average molecular weight is 338 g/mol. The highest BCUT2D eigenvalue weighted by molar-refractivity contribution is 9.10. The number of aliphatic imine (C=N–C) groups is 1. The van der Waals surface area contributed by atoms with Crippen LogP contribution in [0.1, 0.15) is 18.5 Å². The number of guanidine groups is 1. The summed E-state index contributed by atoms with van der Waals surface area (Å²) in [7, 11) is 0. The second-order valence-corrected chi connectivity index (χ2v) is 5.79. The van der Waals surface area contributed by atoms with Crippen LogP contribution in [-0.2, 0) is 4.79 Å². The third-order valence-corrected chi connectivity index (χ3v) is 4.25. The summed E-state index contributed by atoms with van der Waals surface area (Å²) in [5.41, 5.74) is 7.07. The Labute approximate surface area is 125 Å². The molecule has 3 atom stereocenters. The fourth-order valence-corrected chi connectivity index (χ4v) is 3.04. The predicted molar refractivity (Wildman–Crippen MR) is 79.7 cm³/mol. The van der Waals surface area contributed by atoms with Crippen LogP contribution in [0, 0.1) is 5.92 Å². The first kappa shape index (κ1) is 13.5. The number of fused-ring (bicyclic) bond motifs is 1. The Morgan fingerprint density at radius 2 is 2.25 bits per heavy atom. The molecule has 0 aromatic heterocycles. The number of carbonyl (C=O) groups is 1. The summed E-state index contributed by atoms with van der Waals surface area (Å²) in [4.78, 5) is 16.4. The number of hydrogen-bond donors (Lipinski definition) is 4. The zero-order valence-corrected chi connectivity index (χ0v) is 12.6. The van der Waals surface area contributed by atoms with Gasteiger partial charge in [-0.3, -0.25) is 15.5 Å². The van der Waals surface area contributed by atoms with E-state index in [2.05, 4.69) is 42.4 Å². The Hall–Kier alpha value is -1.44. The van der Waals surface area contributed by atoms with E-state index in [0.717, 1.165) is 10.0 Å². The second-order valence-electron chi connectivity index (χ2n) is 4.93. The standard InChI is InChI=1S/C13H16BrN5O/c1-7(8-4-2-3-5-10(8)14)16-13-17-11-9(6-15-19-11)12(20)18-13/h2-5,7,9,11,15,19H,6H2,1H3,(H2,16,17,18,20). The summed E-state index contributed by atoms with van der Waals surface area (Å²) < 4.78 is 1.03. The van der Waals surface area contributed by atoms with Gasteiger partial charge in [0.2, 0.25) is 5.91 Å². The smallest absolute Gasteiger partial charge is 0.234 e. The zero-order valence-electron chi connectivity index (χ0n) is 11.0. The van der Waals surface area contributed by atoms with E-state index in [-0.39, 0.29) is 24.0 Å². The van der Waals surface area contributed by atoms with E-state index in [4.69, 9.17) is 0 Å².